The van der Waals surface area contributed by atoms with Gasteiger partial charge in [0.25, 0.3) is 0 Å². The van der Waals surface area contributed by atoms with Gasteiger partial charge in [-0.25, -0.2) is 0 Å². The van der Waals surface area contributed by atoms with Gasteiger partial charge in [0.2, 0.25) is 0 Å². The van der Waals surface area contributed by atoms with E-state index in [0.29, 0.717) is 22.6 Å². The van der Waals surface area contributed by atoms with Crippen LogP contribution in [0.1, 0.15) is 16.7 Å². The molecule has 1 atom stereocenters. The Balaban J connectivity index is 1.72. The van der Waals surface area contributed by atoms with Crippen molar-refractivity contribution in [1.29, 1.82) is 0 Å². The van der Waals surface area contributed by atoms with Gasteiger partial charge in [-0.05, 0) is 54.4 Å². The molecule has 0 radical (unpaired) electrons. The summed E-state index contributed by atoms with van der Waals surface area (Å²) >= 11 is 12.7. The number of ether oxygens (including phenoxy) is 3. The summed E-state index contributed by atoms with van der Waals surface area (Å²) in [7, 11) is 1.56. The Morgan fingerprint density at radius 1 is 1.12 bits per heavy atom. The standard InChI is InChI=1S/C25H22Cl2N2O5/c1-32-19-4-5-23(33-10-2-3-16-6-8-29-9-7-16)18(14-19)15-34-24-20(26)11-17(12-21(24)27)13-22(28)25(30)31/h4-9,11-12,14,22H,10,13,15,28H2,1H3,(H,30,31)/t22-/m0/s1. The van der Waals surface area contributed by atoms with E-state index in [2.05, 4.69) is 16.8 Å². The molecule has 0 bridgehead atoms. The third kappa shape index (κ3) is 7.03. The van der Waals surface area contributed by atoms with Crippen molar-refractivity contribution in [3.8, 4) is 29.1 Å². The molecular weight excluding hydrogens is 479 g/mol. The molecule has 0 aliphatic carbocycles. The van der Waals surface area contributed by atoms with E-state index in [0.717, 1.165) is 5.56 Å². The van der Waals surface area contributed by atoms with Gasteiger partial charge in [-0.3, -0.25) is 9.78 Å². The van der Waals surface area contributed by atoms with Gasteiger partial charge in [-0.1, -0.05) is 35.0 Å². The highest BCUT2D eigenvalue weighted by Crippen LogP contribution is 2.36. The lowest BCUT2D eigenvalue weighted by molar-refractivity contribution is -0.138. The van der Waals surface area contributed by atoms with Crippen LogP contribution in [-0.2, 0) is 17.8 Å². The number of aliphatic carboxylic acids is 1. The molecule has 7 nitrogen and oxygen atoms in total. The Kier molecular flexibility index (Phi) is 9.00. The van der Waals surface area contributed by atoms with E-state index in [4.69, 9.17) is 48.3 Å². The normalized spacial score (nSPS) is 11.2. The fraction of sp³-hybridized carbons (Fsp3) is 0.200. The zero-order valence-electron chi connectivity index (χ0n) is 18.3. The Hall–Kier alpha value is -3.44. The van der Waals surface area contributed by atoms with Gasteiger partial charge in [0.15, 0.2) is 5.75 Å². The summed E-state index contributed by atoms with van der Waals surface area (Å²) in [5.41, 5.74) is 7.73. The van der Waals surface area contributed by atoms with Gasteiger partial charge in [-0.15, -0.1) is 0 Å². The number of pyridine rings is 1. The largest absolute Gasteiger partial charge is 0.497 e. The molecule has 34 heavy (non-hydrogen) atoms. The highest BCUT2D eigenvalue weighted by Gasteiger charge is 2.16. The molecule has 0 aliphatic rings. The number of hydrogen-bond donors (Lipinski definition) is 2. The molecule has 1 heterocycles. The van der Waals surface area contributed by atoms with Gasteiger partial charge < -0.3 is 25.1 Å². The number of nitrogens with two attached hydrogens (primary N) is 1. The summed E-state index contributed by atoms with van der Waals surface area (Å²) in [6.07, 6.45) is 3.43. The monoisotopic (exact) mass is 500 g/mol. The minimum Gasteiger partial charge on any atom is -0.497 e. The number of carboxylic acid groups (broad SMARTS) is 1. The van der Waals surface area contributed by atoms with Crippen LogP contribution < -0.4 is 19.9 Å². The van der Waals surface area contributed by atoms with E-state index in [9.17, 15) is 4.79 Å². The third-order valence-corrected chi connectivity index (χ3v) is 5.24. The minimum atomic E-state index is -1.11. The topological polar surface area (TPSA) is 104 Å². The summed E-state index contributed by atoms with van der Waals surface area (Å²) in [6, 6.07) is 11.1. The number of hydrogen-bond acceptors (Lipinski definition) is 6. The number of rotatable bonds is 9. The molecule has 9 heteroatoms. The Morgan fingerprint density at radius 2 is 1.82 bits per heavy atom. The maximum Gasteiger partial charge on any atom is 0.320 e. The Labute approximate surface area is 207 Å². The van der Waals surface area contributed by atoms with Crippen LogP contribution in [0.4, 0.5) is 0 Å². The number of aromatic nitrogens is 1. The first kappa shape index (κ1) is 25.2. The Morgan fingerprint density at radius 3 is 2.47 bits per heavy atom. The molecule has 0 saturated carbocycles. The van der Waals surface area contributed by atoms with Crippen molar-refractivity contribution in [3.63, 3.8) is 0 Å². The second kappa shape index (κ2) is 12.1. The first-order chi connectivity index (χ1) is 16.4. The average Bonchev–Trinajstić information content (AvgIpc) is 2.82. The van der Waals surface area contributed by atoms with Crippen molar-refractivity contribution < 1.29 is 24.1 Å². The molecule has 1 aromatic heterocycles. The number of methoxy groups -OCH3 is 1. The number of carbonyl (C=O) groups is 1. The summed E-state index contributed by atoms with van der Waals surface area (Å²) in [5, 5.41) is 9.49. The second-order valence-electron chi connectivity index (χ2n) is 7.13. The van der Waals surface area contributed by atoms with Crippen molar-refractivity contribution in [3.05, 3.63) is 81.6 Å². The molecule has 3 aromatic rings. The molecule has 176 valence electrons. The molecule has 0 fully saturated rings. The Bertz CT molecular complexity index is 1190. The molecule has 0 spiro atoms. The van der Waals surface area contributed by atoms with E-state index >= 15 is 0 Å². The zero-order chi connectivity index (χ0) is 24.5. The molecule has 0 saturated heterocycles. The van der Waals surface area contributed by atoms with Crippen LogP contribution in [0.15, 0.2) is 54.9 Å². The van der Waals surface area contributed by atoms with E-state index in [1.165, 1.54) is 0 Å². The lowest BCUT2D eigenvalue weighted by Crippen LogP contribution is -2.32. The number of nitrogens with zero attached hydrogens (tertiary/aromatic N) is 1. The fourth-order valence-corrected chi connectivity index (χ4v) is 3.62. The highest BCUT2D eigenvalue weighted by atomic mass is 35.5. The van der Waals surface area contributed by atoms with Crippen molar-refractivity contribution in [2.75, 3.05) is 13.7 Å². The lowest BCUT2D eigenvalue weighted by Gasteiger charge is -2.15. The van der Waals surface area contributed by atoms with Crippen LogP contribution in [0.2, 0.25) is 10.0 Å². The van der Waals surface area contributed by atoms with Crippen LogP contribution in [0, 0.1) is 11.8 Å². The van der Waals surface area contributed by atoms with Gasteiger partial charge in [0.05, 0.1) is 17.2 Å². The summed E-state index contributed by atoms with van der Waals surface area (Å²) in [6.45, 7) is 0.263. The molecular formula is C25H22Cl2N2O5. The molecule has 0 unspecified atom stereocenters. The van der Waals surface area contributed by atoms with Crippen molar-refractivity contribution in [2.45, 2.75) is 19.1 Å². The second-order valence-corrected chi connectivity index (χ2v) is 7.94. The van der Waals surface area contributed by atoms with E-state index in [-0.39, 0.29) is 35.4 Å². The molecule has 3 N–H and O–H groups in total. The third-order valence-electron chi connectivity index (χ3n) is 4.68. The molecule has 0 aliphatic heterocycles. The van der Waals surface area contributed by atoms with Gasteiger partial charge in [-0.2, -0.15) is 0 Å². The van der Waals surface area contributed by atoms with Gasteiger partial charge in [0.1, 0.15) is 30.8 Å². The number of carboxylic acids is 1. The van der Waals surface area contributed by atoms with E-state index in [1.54, 1.807) is 49.8 Å². The first-order valence-electron chi connectivity index (χ1n) is 10.1. The summed E-state index contributed by atoms with van der Waals surface area (Å²) in [4.78, 5) is 15.0. The number of benzene rings is 2. The van der Waals surface area contributed by atoms with Gasteiger partial charge >= 0.3 is 5.97 Å². The van der Waals surface area contributed by atoms with Crippen molar-refractivity contribution >= 4 is 29.2 Å². The van der Waals surface area contributed by atoms with E-state index < -0.39 is 12.0 Å². The summed E-state index contributed by atoms with van der Waals surface area (Å²) < 4.78 is 17.0. The average molecular weight is 501 g/mol. The first-order valence-corrected chi connectivity index (χ1v) is 10.9. The molecule has 2 aromatic carbocycles. The summed E-state index contributed by atoms with van der Waals surface area (Å²) in [5.74, 6) is 6.32. The maximum atomic E-state index is 11.0. The van der Waals surface area contributed by atoms with Crippen molar-refractivity contribution in [2.24, 2.45) is 5.73 Å². The zero-order valence-corrected chi connectivity index (χ0v) is 19.8. The molecule has 0 amide bonds. The van der Waals surface area contributed by atoms with E-state index in [1.807, 2.05) is 12.1 Å². The van der Waals surface area contributed by atoms with Crippen LogP contribution in [0.25, 0.3) is 0 Å². The van der Waals surface area contributed by atoms with Crippen molar-refractivity contribution in [1.82, 2.24) is 4.98 Å². The molecule has 3 rings (SSSR count). The van der Waals surface area contributed by atoms with Crippen LogP contribution in [0.5, 0.6) is 17.2 Å². The quantitative estimate of drug-likeness (QED) is 0.420. The van der Waals surface area contributed by atoms with Crippen LogP contribution in [0.3, 0.4) is 0 Å². The fourth-order valence-electron chi connectivity index (χ4n) is 2.98. The highest BCUT2D eigenvalue weighted by molar-refractivity contribution is 6.37. The predicted octanol–water partition coefficient (Wildman–Crippen LogP) is 4.36. The van der Waals surface area contributed by atoms with Crippen LogP contribution in [-0.4, -0.2) is 35.8 Å². The maximum absolute atomic E-state index is 11.0. The number of halogens is 2. The lowest BCUT2D eigenvalue weighted by atomic mass is 10.1. The predicted molar refractivity (Wildman–Crippen MR) is 130 cm³/mol. The minimum absolute atomic E-state index is 0.0868. The SMILES string of the molecule is COc1ccc(OCC#Cc2ccncc2)c(COc2c(Cl)cc(C[C@H](N)C(=O)O)cc2Cl)c1. The van der Waals surface area contributed by atoms with Crippen LogP contribution >= 0.6 is 23.2 Å². The van der Waals surface area contributed by atoms with Gasteiger partial charge in [0, 0.05) is 23.5 Å². The smallest absolute Gasteiger partial charge is 0.320 e.